The molecular formula is C11H18F2O. The van der Waals surface area contributed by atoms with Gasteiger partial charge in [0.2, 0.25) is 5.78 Å². The second-order valence-corrected chi connectivity index (χ2v) is 4.31. The molecule has 1 aliphatic carbocycles. The second-order valence-electron chi connectivity index (χ2n) is 4.31. The molecule has 0 bridgehead atoms. The Kier molecular flexibility index (Phi) is 3.62. The van der Waals surface area contributed by atoms with Crippen LogP contribution < -0.4 is 0 Å². The van der Waals surface area contributed by atoms with Crippen molar-refractivity contribution in [3.05, 3.63) is 0 Å². The standard InChI is InChI=1S/C11H18F2O/c1-3-8-6-4-5-7-9(8)10(14)11(2,12)13/h8-9H,3-7H2,1-2H3. The minimum Gasteiger partial charge on any atom is -0.293 e. The summed E-state index contributed by atoms with van der Waals surface area (Å²) in [5, 5.41) is 0. The van der Waals surface area contributed by atoms with Crippen LogP contribution in [0.1, 0.15) is 46.0 Å². The van der Waals surface area contributed by atoms with Crippen LogP contribution in [0.15, 0.2) is 0 Å². The maximum Gasteiger partial charge on any atom is 0.302 e. The molecule has 1 fully saturated rings. The molecule has 0 spiro atoms. The summed E-state index contributed by atoms with van der Waals surface area (Å²) >= 11 is 0. The molecule has 0 N–H and O–H groups in total. The highest BCUT2D eigenvalue weighted by atomic mass is 19.3. The van der Waals surface area contributed by atoms with Crippen molar-refractivity contribution in [1.29, 1.82) is 0 Å². The van der Waals surface area contributed by atoms with Crippen LogP contribution in [0.5, 0.6) is 0 Å². The molecule has 14 heavy (non-hydrogen) atoms. The van der Waals surface area contributed by atoms with E-state index in [0.717, 1.165) is 32.6 Å². The first-order valence-corrected chi connectivity index (χ1v) is 5.39. The molecule has 82 valence electrons. The average molecular weight is 204 g/mol. The summed E-state index contributed by atoms with van der Waals surface area (Å²) in [7, 11) is 0. The van der Waals surface area contributed by atoms with Crippen molar-refractivity contribution >= 4 is 5.78 Å². The van der Waals surface area contributed by atoms with Crippen LogP contribution in [0.2, 0.25) is 0 Å². The van der Waals surface area contributed by atoms with Gasteiger partial charge < -0.3 is 0 Å². The minimum absolute atomic E-state index is 0.182. The third-order valence-corrected chi connectivity index (χ3v) is 3.20. The fourth-order valence-electron chi connectivity index (χ4n) is 2.37. The molecule has 0 aliphatic heterocycles. The van der Waals surface area contributed by atoms with E-state index in [-0.39, 0.29) is 5.92 Å². The number of carbonyl (C=O) groups excluding carboxylic acids is 1. The van der Waals surface area contributed by atoms with E-state index in [1.807, 2.05) is 6.92 Å². The Labute approximate surface area is 83.9 Å². The molecule has 3 heteroatoms. The van der Waals surface area contributed by atoms with Gasteiger partial charge in [-0.3, -0.25) is 4.79 Å². The predicted molar refractivity (Wildman–Crippen MR) is 51.4 cm³/mol. The fourth-order valence-corrected chi connectivity index (χ4v) is 2.37. The quantitative estimate of drug-likeness (QED) is 0.688. The molecule has 0 radical (unpaired) electrons. The fraction of sp³-hybridized carbons (Fsp3) is 0.909. The van der Waals surface area contributed by atoms with E-state index in [9.17, 15) is 13.6 Å². The first-order valence-electron chi connectivity index (χ1n) is 5.39. The van der Waals surface area contributed by atoms with Crippen LogP contribution in [0.25, 0.3) is 0 Å². The van der Waals surface area contributed by atoms with Crippen LogP contribution in [0.3, 0.4) is 0 Å². The number of ketones is 1. The molecule has 0 aromatic rings. The predicted octanol–water partition coefficient (Wildman–Crippen LogP) is 3.43. The van der Waals surface area contributed by atoms with Gasteiger partial charge in [-0.1, -0.05) is 26.2 Å². The van der Waals surface area contributed by atoms with Gasteiger partial charge in [0.05, 0.1) is 0 Å². The zero-order chi connectivity index (χ0) is 10.8. The highest BCUT2D eigenvalue weighted by Gasteiger charge is 2.41. The molecule has 0 amide bonds. The minimum atomic E-state index is -3.14. The maximum atomic E-state index is 12.9. The number of Topliss-reactive ketones (excluding diaryl/α,β-unsaturated/α-hetero) is 1. The highest BCUT2D eigenvalue weighted by Crippen LogP contribution is 2.36. The Hall–Kier alpha value is -0.470. The van der Waals surface area contributed by atoms with Crippen molar-refractivity contribution in [3.63, 3.8) is 0 Å². The maximum absolute atomic E-state index is 12.9. The third-order valence-electron chi connectivity index (χ3n) is 3.20. The lowest BCUT2D eigenvalue weighted by molar-refractivity contribution is -0.148. The van der Waals surface area contributed by atoms with Crippen molar-refractivity contribution in [3.8, 4) is 0 Å². The summed E-state index contributed by atoms with van der Waals surface area (Å²) in [4.78, 5) is 11.4. The van der Waals surface area contributed by atoms with E-state index in [4.69, 9.17) is 0 Å². The van der Waals surface area contributed by atoms with E-state index < -0.39 is 17.6 Å². The van der Waals surface area contributed by atoms with Crippen molar-refractivity contribution in [2.24, 2.45) is 11.8 Å². The largest absolute Gasteiger partial charge is 0.302 e. The molecule has 1 saturated carbocycles. The molecule has 0 aromatic carbocycles. The van der Waals surface area contributed by atoms with Crippen LogP contribution in [-0.4, -0.2) is 11.7 Å². The number of carbonyl (C=O) groups is 1. The van der Waals surface area contributed by atoms with Gasteiger partial charge in [0.15, 0.2) is 0 Å². The van der Waals surface area contributed by atoms with Gasteiger partial charge in [-0.25, -0.2) is 0 Å². The number of hydrogen-bond donors (Lipinski definition) is 0. The van der Waals surface area contributed by atoms with Crippen LogP contribution in [0.4, 0.5) is 8.78 Å². The Morgan fingerprint density at radius 3 is 2.43 bits per heavy atom. The SMILES string of the molecule is CCC1CCCCC1C(=O)C(C)(F)F. The van der Waals surface area contributed by atoms with Gasteiger partial charge in [-0.2, -0.15) is 8.78 Å². The molecule has 1 aliphatic rings. The first-order chi connectivity index (χ1) is 6.46. The molecular weight excluding hydrogens is 186 g/mol. The normalized spacial score (nSPS) is 28.9. The molecule has 2 atom stereocenters. The van der Waals surface area contributed by atoms with Crippen molar-refractivity contribution < 1.29 is 13.6 Å². The zero-order valence-corrected chi connectivity index (χ0v) is 8.85. The molecule has 2 unspecified atom stereocenters. The zero-order valence-electron chi connectivity index (χ0n) is 8.85. The van der Waals surface area contributed by atoms with E-state index in [1.54, 1.807) is 0 Å². The van der Waals surface area contributed by atoms with Gasteiger partial charge >= 0.3 is 5.92 Å². The molecule has 0 heterocycles. The Morgan fingerprint density at radius 1 is 1.36 bits per heavy atom. The summed E-state index contributed by atoms with van der Waals surface area (Å²) in [5.74, 6) is -4.20. The van der Waals surface area contributed by atoms with Crippen LogP contribution in [0, 0.1) is 11.8 Å². The summed E-state index contributed by atoms with van der Waals surface area (Å²) in [6.45, 7) is 2.70. The monoisotopic (exact) mass is 204 g/mol. The van der Waals surface area contributed by atoms with Crippen molar-refractivity contribution in [1.82, 2.24) is 0 Å². The molecule has 0 aromatic heterocycles. The lowest BCUT2D eigenvalue weighted by Gasteiger charge is -2.31. The second kappa shape index (κ2) is 4.37. The van der Waals surface area contributed by atoms with Gasteiger partial charge in [0, 0.05) is 12.8 Å². The van der Waals surface area contributed by atoms with Crippen molar-refractivity contribution in [2.45, 2.75) is 51.9 Å². The third kappa shape index (κ3) is 2.52. The number of hydrogen-bond acceptors (Lipinski definition) is 1. The highest BCUT2D eigenvalue weighted by molar-refractivity contribution is 5.87. The van der Waals surface area contributed by atoms with E-state index in [0.29, 0.717) is 6.42 Å². The molecule has 1 rings (SSSR count). The Bertz CT molecular complexity index is 208. The van der Waals surface area contributed by atoms with E-state index in [2.05, 4.69) is 0 Å². The topological polar surface area (TPSA) is 17.1 Å². The van der Waals surface area contributed by atoms with Gasteiger partial charge in [0.1, 0.15) is 0 Å². The number of rotatable bonds is 3. The molecule has 1 nitrogen and oxygen atoms in total. The summed E-state index contributed by atoms with van der Waals surface area (Å²) < 4.78 is 25.7. The van der Waals surface area contributed by atoms with Crippen LogP contribution in [-0.2, 0) is 4.79 Å². The lowest BCUT2D eigenvalue weighted by Crippen LogP contribution is -2.37. The average Bonchev–Trinajstić information content (AvgIpc) is 2.15. The Balaban J connectivity index is 2.69. The van der Waals surface area contributed by atoms with Crippen molar-refractivity contribution in [2.75, 3.05) is 0 Å². The van der Waals surface area contributed by atoms with Gasteiger partial charge in [-0.15, -0.1) is 0 Å². The van der Waals surface area contributed by atoms with E-state index >= 15 is 0 Å². The van der Waals surface area contributed by atoms with Gasteiger partial charge in [-0.05, 0) is 18.8 Å². The summed E-state index contributed by atoms with van der Waals surface area (Å²) in [6, 6.07) is 0. The number of halogens is 2. The number of alkyl halides is 2. The smallest absolute Gasteiger partial charge is 0.293 e. The summed E-state index contributed by atoms with van der Waals surface area (Å²) in [5.41, 5.74) is 0. The van der Waals surface area contributed by atoms with E-state index in [1.165, 1.54) is 0 Å². The van der Waals surface area contributed by atoms with Crippen LogP contribution >= 0.6 is 0 Å². The summed E-state index contributed by atoms with van der Waals surface area (Å²) in [6.07, 6.45) is 4.43. The van der Waals surface area contributed by atoms with Gasteiger partial charge in [0.25, 0.3) is 0 Å². The lowest BCUT2D eigenvalue weighted by atomic mass is 9.74. The Morgan fingerprint density at radius 2 is 1.93 bits per heavy atom. The molecule has 0 saturated heterocycles. The first kappa shape index (κ1) is 11.6.